The van der Waals surface area contributed by atoms with E-state index in [2.05, 4.69) is 284 Å². The fourth-order valence-corrected chi connectivity index (χ4v) is 13.1. The van der Waals surface area contributed by atoms with Gasteiger partial charge in [0.25, 0.3) is 6.71 Å². The molecule has 79 heavy (non-hydrogen) atoms. The Bertz CT molecular complexity index is 4550. The second kappa shape index (κ2) is 18.4. The molecule has 378 valence electrons. The molecule has 13 aromatic rings. The molecule has 2 aliphatic rings. The first kappa shape index (κ1) is 46.9. The highest BCUT2D eigenvalue weighted by atomic mass is 16.5. The lowest BCUT2D eigenvalue weighted by molar-refractivity contribution is 0.483. The number of aryl methyl sites for hydroxylation is 1. The molecule has 4 nitrogen and oxygen atoms in total. The Labute approximate surface area is 462 Å². The normalized spacial score (nSPS) is 12.8. The van der Waals surface area contributed by atoms with Crippen LogP contribution < -0.4 is 26.0 Å². The summed E-state index contributed by atoms with van der Waals surface area (Å²) in [5.74, 6) is 1.79. The lowest BCUT2D eigenvalue weighted by atomic mass is 9.34. The number of unbranched alkanes of at least 4 members (excludes halogenated alkanes) is 1. The van der Waals surface area contributed by atoms with Gasteiger partial charge < -0.3 is 18.8 Å². The average molecular weight is 1020 g/mol. The molecule has 0 radical (unpaired) electrons. The third-order valence-corrected chi connectivity index (χ3v) is 16.9. The molecule has 0 atom stereocenters. The van der Waals surface area contributed by atoms with Crippen molar-refractivity contribution in [3.8, 4) is 56.3 Å². The molecule has 0 fully saturated rings. The molecule has 15 rings (SSSR count). The molecule has 4 heterocycles. The third kappa shape index (κ3) is 7.58. The standard InChI is InChI=1S/C74H58BN3O/c1-5-6-21-51-28-20-31-57(50-26-14-9-15-27-50)73(51)78-68-46-55(76-64-32-18-16-29-58(64)60-42-52(34-40-66(60)76)48-22-10-7-11-23-48)36-38-62(68)75-63-39-37-56(47-70(63)79-71-45-54(74(2,3)4)44-69(78)72(71)75)77-65-33-19-17-30-59(65)61-43-53(35-41-67(61)77)49-24-12-8-13-25-49/h7-20,22-47H,5-6,21H2,1-4H3. The minimum atomic E-state index is -0.187. The summed E-state index contributed by atoms with van der Waals surface area (Å²) < 4.78 is 12.4. The van der Waals surface area contributed by atoms with Crippen LogP contribution >= 0.6 is 0 Å². The summed E-state index contributed by atoms with van der Waals surface area (Å²) in [4.78, 5) is 2.64. The second-order valence-corrected chi connectivity index (χ2v) is 22.7. The summed E-state index contributed by atoms with van der Waals surface area (Å²) in [7, 11) is 0. The Morgan fingerprint density at radius 2 is 0.962 bits per heavy atom. The van der Waals surface area contributed by atoms with E-state index in [1.54, 1.807) is 0 Å². The van der Waals surface area contributed by atoms with Crippen LogP contribution in [0.25, 0.3) is 88.4 Å². The van der Waals surface area contributed by atoms with Gasteiger partial charge in [0.05, 0.1) is 27.8 Å². The van der Waals surface area contributed by atoms with Gasteiger partial charge in [-0.3, -0.25) is 0 Å². The number of ether oxygens (including phenoxy) is 1. The molecule has 2 aromatic heterocycles. The van der Waals surface area contributed by atoms with Crippen LogP contribution in [0, 0.1) is 0 Å². The summed E-state index contributed by atoms with van der Waals surface area (Å²) in [6.45, 7) is 9.17. The molecule has 0 saturated heterocycles. The number of fused-ring (bicyclic) bond motifs is 10. The van der Waals surface area contributed by atoms with Gasteiger partial charge in [-0.2, -0.15) is 0 Å². The van der Waals surface area contributed by atoms with E-state index < -0.39 is 0 Å². The SMILES string of the molecule is CCCCc1cccc(-c2ccccc2)c1N1c2cc(-n3c4ccccc4c4cc(-c5ccccc5)ccc43)ccc2B2c3ccc(-n4c5ccccc5c5cc(-c6ccccc6)ccc54)cc3Oc3cc(C(C)(C)C)cc1c32. The zero-order chi connectivity index (χ0) is 52.9. The van der Waals surface area contributed by atoms with E-state index >= 15 is 0 Å². The van der Waals surface area contributed by atoms with Gasteiger partial charge in [0.2, 0.25) is 0 Å². The van der Waals surface area contributed by atoms with Crippen molar-refractivity contribution in [2.45, 2.75) is 52.4 Å². The molecule has 5 heteroatoms. The lowest BCUT2D eigenvalue weighted by Gasteiger charge is -2.42. The van der Waals surface area contributed by atoms with E-state index in [0.717, 1.165) is 53.1 Å². The maximum absolute atomic E-state index is 7.49. The molecule has 2 aliphatic heterocycles. The van der Waals surface area contributed by atoms with E-state index in [1.807, 2.05) is 0 Å². The highest BCUT2D eigenvalue weighted by Crippen LogP contribution is 2.49. The Morgan fingerprint density at radius 1 is 0.418 bits per heavy atom. The molecular weight excluding hydrogens is 958 g/mol. The molecule has 0 bridgehead atoms. The molecule has 0 amide bonds. The zero-order valence-corrected chi connectivity index (χ0v) is 45.0. The van der Waals surface area contributed by atoms with Crippen LogP contribution in [0.1, 0.15) is 51.7 Å². The Kier molecular flexibility index (Phi) is 10.9. The first-order chi connectivity index (χ1) is 38.8. The van der Waals surface area contributed by atoms with Gasteiger partial charge in [0, 0.05) is 55.9 Å². The van der Waals surface area contributed by atoms with Gasteiger partial charge in [-0.25, -0.2) is 0 Å². The molecule has 0 N–H and O–H groups in total. The Hall–Kier alpha value is -9.32. The van der Waals surface area contributed by atoms with Gasteiger partial charge in [-0.1, -0.05) is 204 Å². The zero-order valence-electron chi connectivity index (χ0n) is 45.0. The largest absolute Gasteiger partial charge is 0.458 e. The maximum Gasteiger partial charge on any atom is 0.256 e. The first-order valence-electron chi connectivity index (χ1n) is 28.1. The van der Waals surface area contributed by atoms with Crippen molar-refractivity contribution < 1.29 is 4.74 Å². The van der Waals surface area contributed by atoms with Crippen LogP contribution in [0.5, 0.6) is 11.5 Å². The van der Waals surface area contributed by atoms with Crippen LogP contribution in [-0.4, -0.2) is 15.8 Å². The van der Waals surface area contributed by atoms with Gasteiger partial charge >= 0.3 is 0 Å². The van der Waals surface area contributed by atoms with Crippen LogP contribution in [0.2, 0.25) is 0 Å². The minimum absolute atomic E-state index is 0.113. The molecule has 0 saturated carbocycles. The number of hydrogen-bond acceptors (Lipinski definition) is 2. The summed E-state index contributed by atoms with van der Waals surface area (Å²) in [5.41, 5.74) is 23.7. The molecule has 0 unspecified atom stereocenters. The Morgan fingerprint density at radius 3 is 1.56 bits per heavy atom. The van der Waals surface area contributed by atoms with E-state index in [9.17, 15) is 0 Å². The van der Waals surface area contributed by atoms with Gasteiger partial charge in [-0.15, -0.1) is 0 Å². The predicted molar refractivity (Wildman–Crippen MR) is 335 cm³/mol. The van der Waals surface area contributed by atoms with E-state index in [1.165, 1.54) is 111 Å². The quantitative estimate of drug-likeness (QED) is 0.134. The van der Waals surface area contributed by atoms with E-state index in [-0.39, 0.29) is 12.1 Å². The molecule has 11 aromatic carbocycles. The van der Waals surface area contributed by atoms with Crippen molar-refractivity contribution in [1.29, 1.82) is 0 Å². The van der Waals surface area contributed by atoms with Gasteiger partial charge in [0.15, 0.2) is 0 Å². The lowest BCUT2D eigenvalue weighted by Crippen LogP contribution is -2.59. The monoisotopic (exact) mass is 1020 g/mol. The molecule has 0 aliphatic carbocycles. The highest BCUT2D eigenvalue weighted by Gasteiger charge is 2.44. The fourth-order valence-electron chi connectivity index (χ4n) is 13.1. The van der Waals surface area contributed by atoms with Crippen LogP contribution in [-0.2, 0) is 11.8 Å². The van der Waals surface area contributed by atoms with Crippen molar-refractivity contribution in [2.75, 3.05) is 4.90 Å². The van der Waals surface area contributed by atoms with Crippen molar-refractivity contribution in [1.82, 2.24) is 9.13 Å². The van der Waals surface area contributed by atoms with E-state index in [4.69, 9.17) is 4.74 Å². The van der Waals surface area contributed by atoms with Gasteiger partial charge in [0.1, 0.15) is 11.5 Å². The second-order valence-electron chi connectivity index (χ2n) is 22.7. The number of para-hydroxylation sites is 3. The predicted octanol–water partition coefficient (Wildman–Crippen LogP) is 17.9. The van der Waals surface area contributed by atoms with Crippen molar-refractivity contribution in [3.05, 3.63) is 254 Å². The maximum atomic E-state index is 7.49. The topological polar surface area (TPSA) is 22.3 Å². The number of nitrogens with zero attached hydrogens (tertiary/aromatic N) is 3. The minimum Gasteiger partial charge on any atom is -0.458 e. The number of anilines is 3. The third-order valence-electron chi connectivity index (χ3n) is 16.9. The van der Waals surface area contributed by atoms with Crippen molar-refractivity contribution >= 4 is 83.8 Å². The summed E-state index contributed by atoms with van der Waals surface area (Å²) in [6.07, 6.45) is 3.14. The Balaban J connectivity index is 0.988. The number of rotatable bonds is 9. The fraction of sp³-hybridized carbons (Fsp3) is 0.108. The number of hydrogen-bond donors (Lipinski definition) is 0. The average Bonchev–Trinajstić information content (AvgIpc) is 3.92. The van der Waals surface area contributed by atoms with Crippen LogP contribution in [0.15, 0.2) is 243 Å². The summed E-state index contributed by atoms with van der Waals surface area (Å²) in [6, 6.07) is 90.1. The summed E-state index contributed by atoms with van der Waals surface area (Å²) in [5, 5.41) is 4.93. The number of benzene rings is 11. The summed E-state index contributed by atoms with van der Waals surface area (Å²) >= 11 is 0. The van der Waals surface area contributed by atoms with E-state index in [0.29, 0.717) is 0 Å². The number of aromatic nitrogens is 2. The highest BCUT2D eigenvalue weighted by molar-refractivity contribution is 6.99. The molecule has 0 spiro atoms. The van der Waals surface area contributed by atoms with Crippen molar-refractivity contribution in [3.63, 3.8) is 0 Å². The van der Waals surface area contributed by atoms with Gasteiger partial charge in [-0.05, 0) is 140 Å². The smallest absolute Gasteiger partial charge is 0.256 e. The van der Waals surface area contributed by atoms with Crippen LogP contribution in [0.3, 0.4) is 0 Å². The molecular formula is C74H58BN3O. The first-order valence-corrected chi connectivity index (χ1v) is 28.1. The van der Waals surface area contributed by atoms with Crippen molar-refractivity contribution in [2.24, 2.45) is 0 Å². The van der Waals surface area contributed by atoms with Crippen LogP contribution in [0.4, 0.5) is 17.1 Å².